The normalized spacial score (nSPS) is 11.7. The minimum atomic E-state index is -0.834. The van der Waals surface area contributed by atoms with Gasteiger partial charge in [-0.05, 0) is 83.8 Å². The zero-order chi connectivity index (χ0) is 31.9. The second kappa shape index (κ2) is 14.4. The van der Waals surface area contributed by atoms with E-state index in [1.54, 1.807) is 90.2 Å². The molecule has 0 bridgehead atoms. The topological polar surface area (TPSA) is 147 Å². The van der Waals surface area contributed by atoms with E-state index in [2.05, 4.69) is 26.1 Å². The van der Waals surface area contributed by atoms with E-state index >= 15 is 0 Å². The summed E-state index contributed by atoms with van der Waals surface area (Å²) in [6.45, 7) is 6.87. The number of hydrogen-bond acceptors (Lipinski definition) is 8. The highest BCUT2D eigenvalue weighted by Gasteiger charge is 2.24. The summed E-state index contributed by atoms with van der Waals surface area (Å²) >= 11 is 12.8. The third-order valence-electron chi connectivity index (χ3n) is 5.56. The maximum atomic E-state index is 13.4. The Bertz CT molecular complexity index is 1490. The lowest BCUT2D eigenvalue weighted by molar-refractivity contribution is -0.116. The number of likely N-dealkylation sites (N-methyl/N-ethyl adjacent to an activating group) is 1. The van der Waals surface area contributed by atoms with Crippen molar-refractivity contribution in [2.75, 3.05) is 33.1 Å². The molecular formula is C29H34Cl2N6O6. The molecular weight excluding hydrogens is 599 g/mol. The van der Waals surface area contributed by atoms with E-state index in [9.17, 15) is 14.4 Å². The quantitative estimate of drug-likeness (QED) is 0.223. The molecule has 1 aromatic heterocycles. The Hall–Kier alpha value is -4.13. The van der Waals surface area contributed by atoms with Gasteiger partial charge in [0.15, 0.2) is 0 Å². The molecule has 3 amide bonds. The highest BCUT2D eigenvalue weighted by Crippen LogP contribution is 2.32. The van der Waals surface area contributed by atoms with Gasteiger partial charge in [0, 0.05) is 12.1 Å². The number of alkyl carbamates (subject to hydrolysis) is 1. The van der Waals surface area contributed by atoms with Crippen LogP contribution in [-0.4, -0.2) is 67.3 Å². The van der Waals surface area contributed by atoms with Gasteiger partial charge in [-0.3, -0.25) is 14.9 Å². The first kappa shape index (κ1) is 33.4. The molecule has 0 saturated heterocycles. The van der Waals surface area contributed by atoms with E-state index in [-0.39, 0.29) is 57.7 Å². The molecule has 3 aromatic rings. The van der Waals surface area contributed by atoms with Crippen molar-refractivity contribution in [1.82, 2.24) is 20.7 Å². The third-order valence-corrected chi connectivity index (χ3v) is 6.16. The molecule has 0 spiro atoms. The van der Waals surface area contributed by atoms with E-state index in [1.807, 2.05) is 0 Å². The van der Waals surface area contributed by atoms with Gasteiger partial charge < -0.3 is 29.5 Å². The summed E-state index contributed by atoms with van der Waals surface area (Å²) in [5.74, 6) is -0.338. The molecule has 3 N–H and O–H groups in total. The molecule has 0 radical (unpaired) electrons. The summed E-state index contributed by atoms with van der Waals surface area (Å²) in [7, 11) is 5.07. The lowest BCUT2D eigenvalue weighted by Gasteiger charge is -2.20. The summed E-state index contributed by atoms with van der Waals surface area (Å²) in [5, 5.41) is 12.5. The zero-order valence-electron chi connectivity index (χ0n) is 24.9. The number of rotatable bonds is 8. The third kappa shape index (κ3) is 9.70. The summed E-state index contributed by atoms with van der Waals surface area (Å²) in [6.07, 6.45) is -0.834. The van der Waals surface area contributed by atoms with Crippen LogP contribution in [0.1, 0.15) is 42.5 Å². The number of aliphatic imine (C=N–C) groups is 1. The van der Waals surface area contributed by atoms with Gasteiger partial charge in [-0.25, -0.2) is 4.79 Å². The Morgan fingerprint density at radius 3 is 2.26 bits per heavy atom. The standard InChI is InChI=1S/C29H34Cl2N6O6/c1-16-23(24(36-43-16)18-8-10-19(41-7)11-9-18)26(39)34-27(35-28(40)42-29(2,3)4)32-14-17-12-20(30)25(21(31)13-17)33-22(38)15-37(5)6/h8-13H,14-15H2,1-7H3,(H,33,38)(H2,32,34,35,39,40). The molecule has 0 aliphatic rings. The van der Waals surface area contributed by atoms with Crippen LogP contribution in [-0.2, 0) is 16.1 Å². The molecule has 12 nitrogen and oxygen atoms in total. The number of anilines is 1. The number of amides is 3. The Labute approximate surface area is 259 Å². The van der Waals surface area contributed by atoms with Crippen molar-refractivity contribution in [1.29, 1.82) is 0 Å². The Morgan fingerprint density at radius 1 is 1.07 bits per heavy atom. The van der Waals surface area contributed by atoms with Crippen molar-refractivity contribution in [3.63, 3.8) is 0 Å². The molecule has 0 fully saturated rings. The molecule has 3 rings (SSSR count). The van der Waals surface area contributed by atoms with Gasteiger partial charge in [0.25, 0.3) is 5.91 Å². The maximum Gasteiger partial charge on any atom is 0.414 e. The minimum Gasteiger partial charge on any atom is -0.497 e. The first-order valence-electron chi connectivity index (χ1n) is 13.1. The van der Waals surface area contributed by atoms with Gasteiger partial charge in [0.1, 0.15) is 28.4 Å². The molecule has 0 atom stereocenters. The molecule has 0 aliphatic carbocycles. The van der Waals surface area contributed by atoms with E-state index in [1.165, 1.54) is 0 Å². The predicted octanol–water partition coefficient (Wildman–Crippen LogP) is 5.28. The number of nitrogens with zero attached hydrogens (tertiary/aromatic N) is 3. The van der Waals surface area contributed by atoms with Crippen molar-refractivity contribution < 1.29 is 28.4 Å². The van der Waals surface area contributed by atoms with Crippen molar-refractivity contribution in [3.05, 3.63) is 63.3 Å². The number of ether oxygens (including phenoxy) is 2. The molecule has 14 heteroatoms. The maximum absolute atomic E-state index is 13.4. The lowest BCUT2D eigenvalue weighted by Crippen LogP contribution is -2.43. The fourth-order valence-electron chi connectivity index (χ4n) is 3.74. The number of carbonyl (C=O) groups excluding carboxylic acids is 3. The van der Waals surface area contributed by atoms with Crippen LogP contribution < -0.4 is 20.7 Å². The lowest BCUT2D eigenvalue weighted by atomic mass is 10.1. The molecule has 2 aromatic carbocycles. The van der Waals surface area contributed by atoms with Crippen LogP contribution in [0.2, 0.25) is 10.0 Å². The second-order valence-electron chi connectivity index (χ2n) is 10.7. The van der Waals surface area contributed by atoms with Crippen LogP contribution in [0.5, 0.6) is 5.75 Å². The van der Waals surface area contributed by atoms with Gasteiger partial charge >= 0.3 is 6.09 Å². The average molecular weight is 634 g/mol. The number of aromatic nitrogens is 1. The summed E-state index contributed by atoms with van der Waals surface area (Å²) in [6, 6.07) is 10.1. The zero-order valence-corrected chi connectivity index (χ0v) is 26.4. The summed E-state index contributed by atoms with van der Waals surface area (Å²) < 4.78 is 15.8. The van der Waals surface area contributed by atoms with E-state index in [4.69, 9.17) is 37.2 Å². The minimum absolute atomic E-state index is 0.0429. The monoisotopic (exact) mass is 632 g/mol. The fraction of sp³-hybridized carbons (Fsp3) is 0.345. The molecule has 0 saturated carbocycles. The Morgan fingerprint density at radius 2 is 1.70 bits per heavy atom. The van der Waals surface area contributed by atoms with Gasteiger partial charge in [-0.1, -0.05) is 28.4 Å². The van der Waals surface area contributed by atoms with Crippen molar-refractivity contribution >= 4 is 52.8 Å². The summed E-state index contributed by atoms with van der Waals surface area (Å²) in [5.41, 5.74) is 1.03. The molecule has 230 valence electrons. The number of aryl methyl sites for hydroxylation is 1. The molecule has 0 unspecified atom stereocenters. The Kier molecular flexibility index (Phi) is 11.1. The van der Waals surface area contributed by atoms with Gasteiger partial charge in [0.2, 0.25) is 11.9 Å². The van der Waals surface area contributed by atoms with Crippen molar-refractivity contribution in [2.24, 2.45) is 4.99 Å². The SMILES string of the molecule is COc1ccc(-c2noc(C)c2C(=O)/N=C(/NCc2cc(Cl)c(NC(=O)CN(C)C)c(Cl)c2)NC(=O)OC(C)(C)C)cc1. The van der Waals surface area contributed by atoms with Crippen LogP contribution in [0.3, 0.4) is 0 Å². The van der Waals surface area contributed by atoms with Crippen molar-refractivity contribution in [3.8, 4) is 17.0 Å². The van der Waals surface area contributed by atoms with Gasteiger partial charge in [-0.15, -0.1) is 0 Å². The largest absolute Gasteiger partial charge is 0.497 e. The number of hydrogen-bond donors (Lipinski definition) is 3. The van der Waals surface area contributed by atoms with Gasteiger partial charge in [-0.2, -0.15) is 4.99 Å². The summed E-state index contributed by atoms with van der Waals surface area (Å²) in [4.78, 5) is 44.1. The van der Waals surface area contributed by atoms with Crippen LogP contribution in [0.15, 0.2) is 45.9 Å². The van der Waals surface area contributed by atoms with E-state index in [0.717, 1.165) is 0 Å². The Balaban J connectivity index is 1.89. The van der Waals surface area contributed by atoms with Gasteiger partial charge in [0.05, 0.1) is 29.4 Å². The highest BCUT2D eigenvalue weighted by atomic mass is 35.5. The van der Waals surface area contributed by atoms with Crippen molar-refractivity contribution in [2.45, 2.75) is 39.8 Å². The molecule has 0 aliphatic heterocycles. The second-order valence-corrected chi connectivity index (χ2v) is 11.5. The molecule has 1 heterocycles. The number of benzene rings is 2. The number of methoxy groups -OCH3 is 1. The number of nitrogens with one attached hydrogen (secondary N) is 3. The van der Waals surface area contributed by atoms with E-state index < -0.39 is 17.6 Å². The average Bonchev–Trinajstić information content (AvgIpc) is 3.29. The van der Waals surface area contributed by atoms with E-state index in [0.29, 0.717) is 16.9 Å². The predicted molar refractivity (Wildman–Crippen MR) is 165 cm³/mol. The number of halogens is 2. The number of carbonyl (C=O) groups is 3. The highest BCUT2D eigenvalue weighted by molar-refractivity contribution is 6.39. The first-order valence-corrected chi connectivity index (χ1v) is 13.8. The fourth-order valence-corrected chi connectivity index (χ4v) is 4.37. The van der Waals surface area contributed by atoms with Crippen LogP contribution >= 0.6 is 23.2 Å². The number of guanidine groups is 1. The molecule has 43 heavy (non-hydrogen) atoms. The van der Waals surface area contributed by atoms with Crippen LogP contribution in [0, 0.1) is 6.92 Å². The van der Waals surface area contributed by atoms with Crippen LogP contribution in [0.4, 0.5) is 10.5 Å². The van der Waals surface area contributed by atoms with Crippen LogP contribution in [0.25, 0.3) is 11.3 Å². The smallest absolute Gasteiger partial charge is 0.414 e. The first-order chi connectivity index (χ1) is 20.2.